The molecule has 1 spiro atoms. The van der Waals surface area contributed by atoms with Crippen LogP contribution in [-0.2, 0) is 4.79 Å². The summed E-state index contributed by atoms with van der Waals surface area (Å²) >= 11 is 0. The number of halogens is 1. The second kappa shape index (κ2) is 16.3. The highest BCUT2D eigenvalue weighted by atomic mass is 19.1. The summed E-state index contributed by atoms with van der Waals surface area (Å²) in [5.41, 5.74) is 25.8. The van der Waals surface area contributed by atoms with Crippen LogP contribution in [0.1, 0.15) is 75.0 Å². The topological polar surface area (TPSA) is 166 Å². The molecule has 3 amide bonds. The van der Waals surface area contributed by atoms with Gasteiger partial charge < -0.3 is 46.5 Å². The number of carbonyl (C=O) groups is 2. The number of rotatable bonds is 9. The highest BCUT2D eigenvalue weighted by Gasteiger charge is 2.47. The molecule has 6 aliphatic rings. The Balaban J connectivity index is 0.714. The van der Waals surface area contributed by atoms with Gasteiger partial charge in [0.25, 0.3) is 0 Å². The number of urea groups is 1. The average Bonchev–Trinajstić information content (AvgIpc) is 3.81. The lowest BCUT2D eigenvalue weighted by molar-refractivity contribution is -0.120. The number of likely N-dealkylation sites (tertiary alicyclic amines) is 2. The number of phenolic OH excluding ortho intramolecular Hbond substituents is 1. The van der Waals surface area contributed by atoms with Crippen molar-refractivity contribution in [2.24, 2.45) is 28.5 Å². The number of nitrogens with one attached hydrogen (secondary N) is 1. The van der Waals surface area contributed by atoms with Crippen LogP contribution >= 0.6 is 0 Å². The number of piperazine rings is 1. The third kappa shape index (κ3) is 7.70. The minimum atomic E-state index is -0.343. The largest absolute Gasteiger partial charge is 0.507 e. The van der Waals surface area contributed by atoms with Gasteiger partial charge in [0, 0.05) is 104 Å². The van der Waals surface area contributed by atoms with Crippen LogP contribution in [0.3, 0.4) is 0 Å². The standard InChI is InChI=1S/C49H61FN10O3/c1-31-37-14-20-58(42(37)11-10-41(31)59-21-15-46(62)54-48(59)63)36-26-49(27-36)16-22-55(23-17-49)28-32-12-18-56(19-13-32)43-24-33(8-9-39(43)50)60-34-6-7-35(60)30-57(29-34)44(47(52)53)25-40(51)38-4-2-3-5-45(38)61/h2-5,8-11,14,20,24-25,32,34-36,61H,6-7,12-13,15-19,21-23,26-30,51-53H2,1H3,(H,54,62,63)/b40-25-. The Hall–Kier alpha value is -5.89. The monoisotopic (exact) mass is 856 g/mol. The minimum absolute atomic E-state index is 0.103. The van der Waals surface area contributed by atoms with Crippen molar-refractivity contribution in [1.82, 2.24) is 19.7 Å². The number of aromatic hydroxyl groups is 1. The number of imide groups is 1. The molecule has 1 aliphatic carbocycles. The van der Waals surface area contributed by atoms with E-state index in [1.54, 1.807) is 35.2 Å². The number of fused-ring (bicyclic) bond motifs is 3. The van der Waals surface area contributed by atoms with E-state index >= 15 is 4.39 Å². The first-order valence-electron chi connectivity index (χ1n) is 23.0. The number of aromatic nitrogens is 1. The second-order valence-electron chi connectivity index (χ2n) is 19.2. The molecular formula is C49H61FN10O3. The number of para-hydroxylation sites is 1. The lowest BCUT2D eigenvalue weighted by atomic mass is 9.60. The van der Waals surface area contributed by atoms with Crippen molar-refractivity contribution in [3.8, 4) is 5.75 Å². The van der Waals surface area contributed by atoms with Crippen molar-refractivity contribution in [3.05, 3.63) is 101 Å². The molecule has 2 unspecified atom stereocenters. The van der Waals surface area contributed by atoms with Crippen LogP contribution in [0.25, 0.3) is 16.6 Å². The van der Waals surface area contributed by atoms with Gasteiger partial charge >= 0.3 is 6.03 Å². The first-order valence-corrected chi connectivity index (χ1v) is 23.0. The molecule has 10 rings (SSSR count). The number of anilines is 3. The highest BCUT2D eigenvalue weighted by molar-refractivity contribution is 6.07. The Labute approximate surface area is 368 Å². The number of hydrogen-bond donors (Lipinski definition) is 5. The maximum absolute atomic E-state index is 15.6. The molecule has 2 bridgehead atoms. The fraction of sp³-hybridized carbons (Fsp3) is 0.469. The fourth-order valence-electron chi connectivity index (χ4n) is 12.0. The average molecular weight is 857 g/mol. The summed E-state index contributed by atoms with van der Waals surface area (Å²) in [6.07, 6.45) is 13.4. The number of piperidine rings is 2. The van der Waals surface area contributed by atoms with Crippen LogP contribution in [0.2, 0.25) is 0 Å². The zero-order valence-electron chi connectivity index (χ0n) is 36.3. The SMILES string of the molecule is Cc1c(N2CCC(=O)NC2=O)ccc2c1ccn2C1CC2(CCN(CC3CCN(c4cc(N5C6CCC5CN(C(/C=C(\N)c5ccccc5O)=C(N)N)C6)ccc4F)CC3)CC2)C1. The molecule has 63 heavy (non-hydrogen) atoms. The van der Waals surface area contributed by atoms with Crippen LogP contribution in [0.5, 0.6) is 5.75 Å². The van der Waals surface area contributed by atoms with Crippen LogP contribution in [-0.4, -0.2) is 95.9 Å². The smallest absolute Gasteiger partial charge is 0.328 e. The van der Waals surface area contributed by atoms with E-state index in [1.807, 2.05) is 18.2 Å². The van der Waals surface area contributed by atoms with Crippen molar-refractivity contribution in [2.75, 3.05) is 67.1 Å². The second-order valence-corrected chi connectivity index (χ2v) is 19.2. The molecule has 5 aliphatic heterocycles. The van der Waals surface area contributed by atoms with E-state index in [4.69, 9.17) is 17.2 Å². The molecule has 4 aromatic rings. The van der Waals surface area contributed by atoms with Gasteiger partial charge in [0.1, 0.15) is 17.4 Å². The van der Waals surface area contributed by atoms with Crippen molar-refractivity contribution >= 4 is 45.6 Å². The predicted molar refractivity (Wildman–Crippen MR) is 246 cm³/mol. The van der Waals surface area contributed by atoms with Gasteiger partial charge in [-0.2, -0.15) is 0 Å². The van der Waals surface area contributed by atoms with Crippen LogP contribution in [0.15, 0.2) is 84.5 Å². The molecule has 1 aromatic heterocycles. The maximum Gasteiger partial charge on any atom is 0.328 e. The van der Waals surface area contributed by atoms with Crippen LogP contribution < -0.4 is 37.2 Å². The third-order valence-electron chi connectivity index (χ3n) is 15.5. The molecule has 5 saturated heterocycles. The molecule has 13 nitrogen and oxygen atoms in total. The van der Waals surface area contributed by atoms with Crippen molar-refractivity contribution in [1.29, 1.82) is 0 Å². The Morgan fingerprint density at radius 2 is 1.60 bits per heavy atom. The van der Waals surface area contributed by atoms with E-state index in [2.05, 4.69) is 60.8 Å². The Morgan fingerprint density at radius 3 is 2.30 bits per heavy atom. The third-order valence-corrected chi connectivity index (χ3v) is 15.5. The number of nitrogens with two attached hydrogens (primary N) is 3. The summed E-state index contributed by atoms with van der Waals surface area (Å²) in [6.45, 7) is 9.02. The first-order chi connectivity index (χ1) is 30.4. The van der Waals surface area contributed by atoms with E-state index in [0.29, 0.717) is 66.1 Å². The van der Waals surface area contributed by atoms with Gasteiger partial charge in [0.2, 0.25) is 5.91 Å². The Bertz CT molecular complexity index is 2460. The van der Waals surface area contributed by atoms with E-state index in [9.17, 15) is 14.7 Å². The predicted octanol–water partition coefficient (Wildman–Crippen LogP) is 6.31. The number of aryl methyl sites for hydroxylation is 1. The summed E-state index contributed by atoms with van der Waals surface area (Å²) in [7, 11) is 0. The summed E-state index contributed by atoms with van der Waals surface area (Å²) in [5, 5.41) is 14.0. The van der Waals surface area contributed by atoms with E-state index < -0.39 is 0 Å². The summed E-state index contributed by atoms with van der Waals surface area (Å²) in [4.78, 5) is 35.6. The maximum atomic E-state index is 15.6. The van der Waals surface area contributed by atoms with Gasteiger partial charge in [-0.25, -0.2) is 9.18 Å². The molecule has 0 radical (unpaired) electrons. The van der Waals surface area contributed by atoms with Gasteiger partial charge in [-0.3, -0.25) is 15.0 Å². The van der Waals surface area contributed by atoms with Crippen LogP contribution in [0, 0.1) is 24.1 Å². The molecule has 1 saturated carbocycles. The van der Waals surface area contributed by atoms with Crippen LogP contribution in [0.4, 0.5) is 26.2 Å². The molecule has 3 aromatic carbocycles. The number of nitrogens with zero attached hydrogens (tertiary/aromatic N) is 6. The quantitative estimate of drug-likeness (QED) is 0.121. The molecule has 6 fully saturated rings. The van der Waals surface area contributed by atoms with Gasteiger partial charge in [0.15, 0.2) is 0 Å². The number of allylic oxidation sites excluding steroid dienone is 1. The van der Waals surface area contributed by atoms with E-state index in [0.717, 1.165) is 75.3 Å². The zero-order chi connectivity index (χ0) is 43.6. The summed E-state index contributed by atoms with van der Waals surface area (Å²) < 4.78 is 18.1. The molecule has 2 atom stereocenters. The van der Waals surface area contributed by atoms with Crippen molar-refractivity contribution in [2.45, 2.75) is 82.8 Å². The number of amides is 3. The van der Waals surface area contributed by atoms with Crippen molar-refractivity contribution in [3.63, 3.8) is 0 Å². The summed E-state index contributed by atoms with van der Waals surface area (Å²) in [6, 6.07) is 19.6. The molecule has 14 heteroatoms. The first kappa shape index (κ1) is 41.1. The fourth-order valence-corrected chi connectivity index (χ4v) is 12.0. The molecule has 8 N–H and O–H groups in total. The zero-order valence-corrected chi connectivity index (χ0v) is 36.3. The number of hydrogen-bond acceptors (Lipinski definition) is 10. The molecule has 332 valence electrons. The van der Waals surface area contributed by atoms with Gasteiger partial charge in [-0.05, 0) is 143 Å². The van der Waals surface area contributed by atoms with E-state index in [-0.39, 0.29) is 41.4 Å². The van der Waals surface area contributed by atoms with Crippen molar-refractivity contribution < 1.29 is 19.1 Å². The number of phenols is 1. The molecular weight excluding hydrogens is 796 g/mol. The molecule has 6 heterocycles. The van der Waals surface area contributed by atoms with Gasteiger partial charge in [0.05, 0.1) is 11.4 Å². The Morgan fingerprint density at radius 1 is 0.873 bits per heavy atom. The normalized spacial score (nSPS) is 23.4. The number of carbonyl (C=O) groups excluding carboxylic acids is 2. The summed E-state index contributed by atoms with van der Waals surface area (Å²) in [5.74, 6) is 0.526. The Kier molecular flexibility index (Phi) is 10.7. The lowest BCUT2D eigenvalue weighted by Gasteiger charge is -2.53. The lowest BCUT2D eigenvalue weighted by Crippen LogP contribution is -2.54. The highest BCUT2D eigenvalue weighted by Crippen LogP contribution is 2.55. The number of benzene rings is 3. The minimum Gasteiger partial charge on any atom is -0.507 e. The van der Waals surface area contributed by atoms with E-state index in [1.165, 1.54) is 36.6 Å². The van der Waals surface area contributed by atoms with Gasteiger partial charge in [-0.1, -0.05) is 12.1 Å². The van der Waals surface area contributed by atoms with Gasteiger partial charge in [-0.15, -0.1) is 0 Å².